The molecular formula is C25H42O3. The average Bonchev–Trinajstić information content (AvgIpc) is 3.00. The van der Waals surface area contributed by atoms with Crippen LogP contribution in [0.1, 0.15) is 85.0 Å². The van der Waals surface area contributed by atoms with Gasteiger partial charge in [-0.2, -0.15) is 0 Å². The molecule has 28 heavy (non-hydrogen) atoms. The quantitative estimate of drug-likeness (QED) is 0.558. The summed E-state index contributed by atoms with van der Waals surface area (Å²) in [7, 11) is 0. The molecule has 0 amide bonds. The van der Waals surface area contributed by atoms with Gasteiger partial charge in [-0.15, -0.1) is 0 Å². The molecule has 4 aliphatic rings. The SMILES string of the molecule is C=C(O)CCC(C)[C@H]1CC[C@H]2[C@@H]3CC[C@@H]4C[C@H](O)CC[C@]4(C)[C@H]3C[C@H](O)[C@]12C. The Hall–Kier alpha value is -0.540. The molecule has 4 rings (SSSR count). The number of hydrogen-bond acceptors (Lipinski definition) is 3. The molecule has 3 nitrogen and oxygen atoms in total. The van der Waals surface area contributed by atoms with Crippen molar-refractivity contribution in [2.45, 2.75) is 97.2 Å². The summed E-state index contributed by atoms with van der Waals surface area (Å²) in [5.41, 5.74) is 0.331. The fourth-order valence-corrected chi connectivity index (χ4v) is 8.76. The van der Waals surface area contributed by atoms with Gasteiger partial charge in [-0.25, -0.2) is 0 Å². The number of aliphatic hydroxyl groups excluding tert-OH is 3. The first-order chi connectivity index (χ1) is 13.2. The van der Waals surface area contributed by atoms with Crippen LogP contribution in [0.25, 0.3) is 0 Å². The summed E-state index contributed by atoms with van der Waals surface area (Å²) >= 11 is 0. The Labute approximate surface area is 171 Å². The van der Waals surface area contributed by atoms with E-state index in [9.17, 15) is 15.3 Å². The summed E-state index contributed by atoms with van der Waals surface area (Å²) in [6.45, 7) is 10.9. The zero-order chi connectivity index (χ0) is 20.3. The number of hydrogen-bond donors (Lipinski definition) is 3. The number of aliphatic hydroxyl groups is 3. The van der Waals surface area contributed by atoms with Crippen molar-refractivity contribution in [1.82, 2.24) is 0 Å². The molecule has 1 unspecified atom stereocenters. The van der Waals surface area contributed by atoms with Crippen LogP contribution in [0.4, 0.5) is 0 Å². The number of allylic oxidation sites excluding steroid dienone is 1. The Kier molecular flexibility index (Phi) is 5.41. The van der Waals surface area contributed by atoms with Gasteiger partial charge in [0, 0.05) is 6.42 Å². The molecule has 0 aromatic rings. The summed E-state index contributed by atoms with van der Waals surface area (Å²) in [6.07, 6.45) is 10.4. The number of fused-ring (bicyclic) bond motifs is 5. The maximum atomic E-state index is 11.5. The summed E-state index contributed by atoms with van der Waals surface area (Å²) < 4.78 is 0. The number of rotatable bonds is 4. The minimum Gasteiger partial charge on any atom is -0.513 e. The van der Waals surface area contributed by atoms with E-state index in [1.807, 2.05) is 0 Å². The highest BCUT2D eigenvalue weighted by molar-refractivity contribution is 5.12. The van der Waals surface area contributed by atoms with Crippen LogP contribution in [-0.4, -0.2) is 27.5 Å². The molecule has 0 aliphatic heterocycles. The topological polar surface area (TPSA) is 60.7 Å². The van der Waals surface area contributed by atoms with Crippen molar-refractivity contribution in [3.8, 4) is 0 Å². The van der Waals surface area contributed by atoms with Crippen LogP contribution in [-0.2, 0) is 0 Å². The molecule has 4 fully saturated rings. The summed E-state index contributed by atoms with van der Waals surface area (Å²) in [6, 6.07) is 0. The van der Waals surface area contributed by atoms with Gasteiger partial charge >= 0.3 is 0 Å². The van der Waals surface area contributed by atoms with Crippen molar-refractivity contribution in [3.05, 3.63) is 12.3 Å². The Morgan fingerprint density at radius 1 is 1.04 bits per heavy atom. The second-order valence-electron chi connectivity index (χ2n) is 11.5. The third-order valence-corrected chi connectivity index (χ3v) is 10.4. The molecule has 0 saturated heterocycles. The molecule has 3 N–H and O–H groups in total. The van der Waals surface area contributed by atoms with E-state index in [1.54, 1.807) is 0 Å². The molecule has 160 valence electrons. The van der Waals surface area contributed by atoms with Gasteiger partial charge in [0.2, 0.25) is 0 Å². The predicted molar refractivity (Wildman–Crippen MR) is 113 cm³/mol. The fourth-order valence-electron chi connectivity index (χ4n) is 8.76. The normalized spacial score (nSPS) is 51.7. The molecule has 3 heteroatoms. The van der Waals surface area contributed by atoms with Crippen molar-refractivity contribution in [3.63, 3.8) is 0 Å². The van der Waals surface area contributed by atoms with E-state index in [-0.39, 0.29) is 17.6 Å². The van der Waals surface area contributed by atoms with Gasteiger partial charge in [0.15, 0.2) is 0 Å². The molecule has 0 bridgehead atoms. The van der Waals surface area contributed by atoms with Crippen molar-refractivity contribution in [2.24, 2.45) is 46.3 Å². The lowest BCUT2D eigenvalue weighted by molar-refractivity contribution is -0.174. The Morgan fingerprint density at radius 2 is 1.79 bits per heavy atom. The maximum absolute atomic E-state index is 11.5. The average molecular weight is 391 g/mol. The predicted octanol–water partition coefficient (Wildman–Crippen LogP) is 5.47. The van der Waals surface area contributed by atoms with Gasteiger partial charge in [-0.1, -0.05) is 27.4 Å². The van der Waals surface area contributed by atoms with Crippen LogP contribution in [0, 0.1) is 46.3 Å². The van der Waals surface area contributed by atoms with Crippen molar-refractivity contribution in [2.75, 3.05) is 0 Å². The van der Waals surface area contributed by atoms with Crippen LogP contribution in [0.15, 0.2) is 12.3 Å². The Bertz CT molecular complexity index is 603. The first-order valence-corrected chi connectivity index (χ1v) is 11.9. The van der Waals surface area contributed by atoms with Gasteiger partial charge in [-0.05, 0) is 104 Å². The standard InChI is InChI=1S/C25H42O3/c1-15(5-6-16(2)26)20-9-10-21-19-8-7-17-13-18(27)11-12-24(17,3)22(19)14-23(28)25(20,21)4/h15,17-23,26-28H,2,5-14H2,1,3-4H3/t15?,17-,18-,19+,20-,21+,22+,23+,24+,25-/m1/s1. The monoisotopic (exact) mass is 390 g/mol. The largest absolute Gasteiger partial charge is 0.513 e. The van der Waals surface area contributed by atoms with Gasteiger partial charge in [0.25, 0.3) is 0 Å². The molecule has 4 saturated carbocycles. The minimum absolute atomic E-state index is 0.0226. The van der Waals surface area contributed by atoms with E-state index in [2.05, 4.69) is 27.4 Å². The Morgan fingerprint density at radius 3 is 2.50 bits per heavy atom. The van der Waals surface area contributed by atoms with E-state index in [0.29, 0.717) is 47.2 Å². The lowest BCUT2D eigenvalue weighted by atomic mass is 9.43. The van der Waals surface area contributed by atoms with Gasteiger partial charge in [0.1, 0.15) is 0 Å². The van der Waals surface area contributed by atoms with Gasteiger partial charge in [-0.3, -0.25) is 0 Å². The van der Waals surface area contributed by atoms with Crippen LogP contribution >= 0.6 is 0 Å². The zero-order valence-corrected chi connectivity index (χ0v) is 18.2. The first-order valence-electron chi connectivity index (χ1n) is 11.9. The highest BCUT2D eigenvalue weighted by Gasteiger charge is 2.63. The van der Waals surface area contributed by atoms with E-state index >= 15 is 0 Å². The summed E-state index contributed by atoms with van der Waals surface area (Å²) in [5, 5.41) is 31.3. The molecule has 0 heterocycles. The van der Waals surface area contributed by atoms with Crippen LogP contribution in [0.2, 0.25) is 0 Å². The highest BCUT2D eigenvalue weighted by atomic mass is 16.3. The second-order valence-corrected chi connectivity index (χ2v) is 11.5. The summed E-state index contributed by atoms with van der Waals surface area (Å²) in [4.78, 5) is 0. The van der Waals surface area contributed by atoms with Crippen molar-refractivity contribution < 1.29 is 15.3 Å². The molecule has 0 aromatic heterocycles. The van der Waals surface area contributed by atoms with Crippen LogP contribution in [0.3, 0.4) is 0 Å². The van der Waals surface area contributed by atoms with Crippen molar-refractivity contribution in [1.29, 1.82) is 0 Å². The molecular weight excluding hydrogens is 348 g/mol. The highest BCUT2D eigenvalue weighted by Crippen LogP contribution is 2.68. The maximum Gasteiger partial charge on any atom is 0.0851 e. The lowest BCUT2D eigenvalue weighted by Crippen LogP contribution is -2.58. The smallest absolute Gasteiger partial charge is 0.0851 e. The first kappa shape index (κ1) is 20.7. The molecule has 10 atom stereocenters. The fraction of sp³-hybridized carbons (Fsp3) is 0.920. The van der Waals surface area contributed by atoms with Crippen LogP contribution in [0.5, 0.6) is 0 Å². The van der Waals surface area contributed by atoms with Gasteiger partial charge in [0.05, 0.1) is 18.0 Å². The molecule has 0 radical (unpaired) electrons. The third kappa shape index (κ3) is 3.07. The van der Waals surface area contributed by atoms with E-state index in [4.69, 9.17) is 0 Å². The lowest BCUT2D eigenvalue weighted by Gasteiger charge is -2.62. The van der Waals surface area contributed by atoms with E-state index in [1.165, 1.54) is 25.7 Å². The second kappa shape index (κ2) is 7.30. The molecule has 0 spiro atoms. The van der Waals surface area contributed by atoms with Crippen LogP contribution < -0.4 is 0 Å². The Balaban J connectivity index is 1.56. The van der Waals surface area contributed by atoms with Gasteiger partial charge < -0.3 is 15.3 Å². The van der Waals surface area contributed by atoms with E-state index in [0.717, 1.165) is 38.0 Å². The zero-order valence-electron chi connectivity index (χ0n) is 18.2. The summed E-state index contributed by atoms with van der Waals surface area (Å²) in [5.74, 6) is 4.00. The molecule has 4 aliphatic carbocycles. The molecule has 0 aromatic carbocycles. The van der Waals surface area contributed by atoms with Crippen molar-refractivity contribution >= 4 is 0 Å². The van der Waals surface area contributed by atoms with E-state index < -0.39 is 0 Å². The minimum atomic E-state index is -0.214. The third-order valence-electron chi connectivity index (χ3n) is 10.4.